The minimum Gasteiger partial charge on any atom is -0.453 e. The second-order valence-corrected chi connectivity index (χ2v) is 11.6. The first-order chi connectivity index (χ1) is 19.6. The van der Waals surface area contributed by atoms with Gasteiger partial charge >= 0.3 is 12.2 Å². The Balaban J connectivity index is 1.38. The van der Waals surface area contributed by atoms with E-state index in [0.717, 1.165) is 47.7 Å². The minimum atomic E-state index is -0.506. The zero-order valence-corrected chi connectivity index (χ0v) is 24.3. The van der Waals surface area contributed by atoms with Crippen molar-refractivity contribution in [2.45, 2.75) is 58.6 Å². The van der Waals surface area contributed by atoms with Gasteiger partial charge in [-0.25, -0.2) is 14.6 Å². The predicted molar refractivity (Wildman–Crippen MR) is 158 cm³/mol. The van der Waals surface area contributed by atoms with Crippen molar-refractivity contribution in [3.05, 3.63) is 65.7 Å². The number of hydrogen-bond donors (Lipinski definition) is 3. The van der Waals surface area contributed by atoms with Gasteiger partial charge in [0.15, 0.2) is 0 Å². The predicted octanol–water partition coefficient (Wildman–Crippen LogP) is 5.82. The molecule has 3 aromatic rings. The molecule has 0 saturated heterocycles. The molecule has 4 rings (SSSR count). The molecule has 0 radical (unpaired) electrons. The maximum absolute atomic E-state index is 13.5. The van der Waals surface area contributed by atoms with Crippen LogP contribution in [0.2, 0.25) is 0 Å². The molecule has 41 heavy (non-hydrogen) atoms. The number of nitrogens with one attached hydrogen (secondary N) is 3. The third-order valence-electron chi connectivity index (χ3n) is 7.26. The number of methoxy groups -OCH3 is 1. The van der Waals surface area contributed by atoms with E-state index in [4.69, 9.17) is 9.72 Å². The lowest BCUT2D eigenvalue weighted by Gasteiger charge is -2.29. The summed E-state index contributed by atoms with van der Waals surface area (Å²) in [4.78, 5) is 41.7. The van der Waals surface area contributed by atoms with E-state index in [1.54, 1.807) is 0 Å². The molecule has 3 amide bonds. The lowest BCUT2D eigenvalue weighted by Crippen LogP contribution is -2.37. The number of alkyl carbamates (subject to hydrolysis) is 2. The smallest absolute Gasteiger partial charge is 0.407 e. The van der Waals surface area contributed by atoms with E-state index in [1.165, 1.54) is 7.11 Å². The Labute approximate surface area is 241 Å². The fourth-order valence-corrected chi connectivity index (χ4v) is 5.11. The Morgan fingerprint density at radius 1 is 0.854 bits per heavy atom. The van der Waals surface area contributed by atoms with Crippen LogP contribution in [-0.2, 0) is 16.0 Å². The maximum Gasteiger partial charge on any atom is 0.407 e. The van der Waals surface area contributed by atoms with Gasteiger partial charge in [0.2, 0.25) is 0 Å². The fourth-order valence-electron chi connectivity index (χ4n) is 5.11. The highest BCUT2D eigenvalue weighted by atomic mass is 16.6. The van der Waals surface area contributed by atoms with Crippen LogP contribution in [-0.4, -0.2) is 48.9 Å². The van der Waals surface area contributed by atoms with E-state index in [-0.39, 0.29) is 12.0 Å². The zero-order valence-electron chi connectivity index (χ0n) is 24.3. The molecule has 0 spiro atoms. The number of amides is 3. The van der Waals surface area contributed by atoms with Crippen molar-refractivity contribution in [1.29, 1.82) is 0 Å². The van der Waals surface area contributed by atoms with Crippen molar-refractivity contribution in [1.82, 2.24) is 20.9 Å². The van der Waals surface area contributed by atoms with Crippen molar-refractivity contribution in [3.63, 3.8) is 0 Å². The highest BCUT2D eigenvalue weighted by Crippen LogP contribution is 2.29. The number of rotatable bonds is 8. The van der Waals surface area contributed by atoms with Gasteiger partial charge in [-0.1, -0.05) is 36.4 Å². The van der Waals surface area contributed by atoms with Crippen LogP contribution in [0.15, 0.2) is 54.6 Å². The second kappa shape index (κ2) is 13.5. The highest BCUT2D eigenvalue weighted by Gasteiger charge is 2.24. The average Bonchev–Trinajstić information content (AvgIpc) is 2.96. The Kier molecular flexibility index (Phi) is 9.81. The number of pyridine rings is 1. The number of fused-ring (bicyclic) bond motifs is 1. The van der Waals surface area contributed by atoms with Gasteiger partial charge in [-0.3, -0.25) is 4.79 Å². The lowest BCUT2D eigenvalue weighted by molar-refractivity contribution is 0.0512. The number of benzene rings is 2. The summed E-state index contributed by atoms with van der Waals surface area (Å²) >= 11 is 0. The molecule has 2 aromatic carbocycles. The van der Waals surface area contributed by atoms with E-state index in [9.17, 15) is 14.4 Å². The molecule has 1 aliphatic carbocycles. The van der Waals surface area contributed by atoms with E-state index >= 15 is 0 Å². The molecule has 1 fully saturated rings. The van der Waals surface area contributed by atoms with Gasteiger partial charge < -0.3 is 25.4 Å². The van der Waals surface area contributed by atoms with E-state index in [0.29, 0.717) is 42.7 Å². The molecule has 0 atom stereocenters. The van der Waals surface area contributed by atoms with Crippen molar-refractivity contribution in [2.24, 2.45) is 11.8 Å². The average molecular weight is 561 g/mol. The highest BCUT2D eigenvalue weighted by molar-refractivity contribution is 6.07. The molecule has 9 nitrogen and oxygen atoms in total. The Hall–Kier alpha value is -4.14. The number of ether oxygens (including phenoxy) is 2. The zero-order chi connectivity index (χ0) is 29.4. The van der Waals surface area contributed by atoms with Gasteiger partial charge in [-0.2, -0.15) is 0 Å². The third-order valence-corrected chi connectivity index (χ3v) is 7.26. The number of carbonyl (C=O) groups is 3. The SMILES string of the molecule is COC(=O)NCc1cccc(-c2cc(C(=O)NC[C@H]3CC[C@H](CNC(=O)OC(C)(C)C)CC3)c3ccccc3n2)c1. The lowest BCUT2D eigenvalue weighted by atomic mass is 9.82. The summed E-state index contributed by atoms with van der Waals surface area (Å²) in [6, 6.07) is 17.2. The van der Waals surface area contributed by atoms with Crippen molar-refractivity contribution < 1.29 is 23.9 Å². The van der Waals surface area contributed by atoms with Crippen LogP contribution >= 0.6 is 0 Å². The summed E-state index contributed by atoms with van der Waals surface area (Å²) in [5, 5.41) is 9.54. The Morgan fingerprint density at radius 2 is 1.54 bits per heavy atom. The first-order valence-corrected chi connectivity index (χ1v) is 14.2. The number of carbonyl (C=O) groups excluding carboxylic acids is 3. The van der Waals surface area contributed by atoms with Gasteiger partial charge in [0.05, 0.1) is 23.9 Å². The van der Waals surface area contributed by atoms with Gasteiger partial charge in [0.25, 0.3) is 5.91 Å². The number of hydrogen-bond acceptors (Lipinski definition) is 6. The summed E-state index contributed by atoms with van der Waals surface area (Å²) in [5.41, 5.74) is 3.25. The number of nitrogens with zero attached hydrogens (tertiary/aromatic N) is 1. The topological polar surface area (TPSA) is 119 Å². The van der Waals surface area contributed by atoms with Crippen LogP contribution in [0, 0.1) is 11.8 Å². The third kappa shape index (κ3) is 8.67. The van der Waals surface area contributed by atoms with Crippen molar-refractivity contribution in [2.75, 3.05) is 20.2 Å². The molecule has 1 aromatic heterocycles. The van der Waals surface area contributed by atoms with Gasteiger partial charge in [0, 0.05) is 30.6 Å². The summed E-state index contributed by atoms with van der Waals surface area (Å²) in [5.74, 6) is 0.685. The normalized spacial score (nSPS) is 17.0. The molecule has 9 heteroatoms. The van der Waals surface area contributed by atoms with Gasteiger partial charge in [-0.15, -0.1) is 0 Å². The first kappa shape index (κ1) is 29.8. The molecule has 218 valence electrons. The summed E-state index contributed by atoms with van der Waals surface area (Å²) < 4.78 is 9.99. The van der Waals surface area contributed by atoms with Crippen LogP contribution in [0.3, 0.4) is 0 Å². The fraction of sp³-hybridized carbons (Fsp3) is 0.438. The molecule has 0 bridgehead atoms. The van der Waals surface area contributed by atoms with Gasteiger partial charge in [-0.05, 0) is 82.1 Å². The minimum absolute atomic E-state index is 0.123. The van der Waals surface area contributed by atoms with E-state index in [1.807, 2.05) is 75.4 Å². The van der Waals surface area contributed by atoms with Crippen LogP contribution in [0.25, 0.3) is 22.2 Å². The molecule has 3 N–H and O–H groups in total. The monoisotopic (exact) mass is 560 g/mol. The van der Waals surface area contributed by atoms with Crippen LogP contribution in [0.5, 0.6) is 0 Å². The molecular formula is C32H40N4O5. The molecule has 0 aliphatic heterocycles. The largest absolute Gasteiger partial charge is 0.453 e. The Bertz CT molecular complexity index is 1380. The maximum atomic E-state index is 13.5. The number of aromatic nitrogens is 1. The molecular weight excluding hydrogens is 520 g/mol. The van der Waals surface area contributed by atoms with Gasteiger partial charge in [0.1, 0.15) is 5.60 Å². The Morgan fingerprint density at radius 3 is 2.22 bits per heavy atom. The quantitative estimate of drug-likeness (QED) is 0.320. The molecule has 1 aliphatic rings. The van der Waals surface area contributed by atoms with Crippen LogP contribution in [0.4, 0.5) is 9.59 Å². The molecule has 1 saturated carbocycles. The first-order valence-electron chi connectivity index (χ1n) is 14.2. The van der Waals surface area contributed by atoms with E-state index in [2.05, 4.69) is 20.7 Å². The van der Waals surface area contributed by atoms with E-state index < -0.39 is 11.7 Å². The molecule has 1 heterocycles. The van der Waals surface area contributed by atoms with Crippen LogP contribution in [0.1, 0.15) is 62.4 Å². The summed E-state index contributed by atoms with van der Waals surface area (Å²) in [6.07, 6.45) is 3.12. The standard InChI is InChI=1S/C32H40N4O5/c1-32(2,3)41-31(39)35-19-22-14-12-21(13-15-22)18-33-29(37)26-17-28(36-27-11-6-5-10-25(26)27)24-9-7-8-23(16-24)20-34-30(38)40-4/h5-11,16-17,21-22H,12-15,18-20H2,1-4H3,(H,33,37)(H,34,38)(H,35,39)/t21-,22-. The summed E-state index contributed by atoms with van der Waals surface area (Å²) in [7, 11) is 1.33. The second-order valence-electron chi connectivity index (χ2n) is 11.6. The summed E-state index contributed by atoms with van der Waals surface area (Å²) in [6.45, 7) is 7.10. The van der Waals surface area contributed by atoms with Crippen molar-refractivity contribution >= 4 is 29.0 Å². The number of para-hydroxylation sites is 1. The molecule has 0 unspecified atom stereocenters. The van der Waals surface area contributed by atoms with Crippen molar-refractivity contribution in [3.8, 4) is 11.3 Å². The van der Waals surface area contributed by atoms with Crippen LogP contribution < -0.4 is 16.0 Å².